The van der Waals surface area contributed by atoms with Crippen LogP contribution in [0.3, 0.4) is 0 Å². The number of amides is 1. The Kier molecular flexibility index (Phi) is 4.47. The van der Waals surface area contributed by atoms with Gasteiger partial charge in [-0.15, -0.1) is 0 Å². The van der Waals surface area contributed by atoms with E-state index in [4.69, 9.17) is 4.42 Å². The number of anilines is 1. The number of nitrogens with zero attached hydrogens (tertiary/aromatic N) is 1. The van der Waals surface area contributed by atoms with E-state index in [1.807, 2.05) is 26.0 Å². The number of phenols is 1. The summed E-state index contributed by atoms with van der Waals surface area (Å²) in [6, 6.07) is 14.0. The fraction of sp³-hybridized carbons (Fsp3) is 0.130. The molecule has 6 nitrogen and oxygen atoms in total. The highest BCUT2D eigenvalue weighted by molar-refractivity contribution is 6.20. The summed E-state index contributed by atoms with van der Waals surface area (Å²) in [5, 5.41) is 20.3. The number of carbonyl (C=O) groups is 2. The largest absolute Gasteiger partial charge is 0.508 e. The molecule has 2 aromatic carbocycles. The van der Waals surface area contributed by atoms with Gasteiger partial charge in [0.15, 0.2) is 11.5 Å². The summed E-state index contributed by atoms with van der Waals surface area (Å²) in [4.78, 5) is 27.6. The third-order valence-corrected chi connectivity index (χ3v) is 5.02. The Bertz CT molecular complexity index is 1130. The Labute approximate surface area is 167 Å². The molecule has 0 radical (unpaired) electrons. The van der Waals surface area contributed by atoms with E-state index in [-0.39, 0.29) is 17.1 Å². The molecule has 0 saturated heterocycles. The van der Waals surface area contributed by atoms with E-state index in [0.717, 1.165) is 11.1 Å². The van der Waals surface area contributed by atoms with Crippen molar-refractivity contribution in [3.05, 3.63) is 94.6 Å². The highest BCUT2D eigenvalue weighted by Crippen LogP contribution is 2.43. The monoisotopic (exact) mass is 389 g/mol. The predicted octanol–water partition coefficient (Wildman–Crippen LogP) is 4.38. The van der Waals surface area contributed by atoms with Gasteiger partial charge in [-0.2, -0.15) is 0 Å². The zero-order valence-corrected chi connectivity index (χ0v) is 15.9. The molecule has 1 amide bonds. The molecule has 2 N–H and O–H groups in total. The van der Waals surface area contributed by atoms with Crippen molar-refractivity contribution in [2.45, 2.75) is 19.9 Å². The van der Waals surface area contributed by atoms with Gasteiger partial charge in [-0.05, 0) is 55.3 Å². The fourth-order valence-electron chi connectivity index (χ4n) is 3.67. The molecule has 1 unspecified atom stereocenters. The number of carbonyl (C=O) groups excluding carboxylic acids is 2. The van der Waals surface area contributed by atoms with Crippen LogP contribution in [0, 0.1) is 13.8 Å². The van der Waals surface area contributed by atoms with E-state index in [1.54, 1.807) is 24.3 Å². The van der Waals surface area contributed by atoms with Crippen molar-refractivity contribution in [3.8, 4) is 5.75 Å². The second kappa shape index (κ2) is 6.98. The van der Waals surface area contributed by atoms with Gasteiger partial charge in [0, 0.05) is 5.69 Å². The lowest BCUT2D eigenvalue weighted by Gasteiger charge is -2.28. The Morgan fingerprint density at radius 3 is 2.38 bits per heavy atom. The maximum absolute atomic E-state index is 13.1. The molecule has 1 aliphatic heterocycles. The molecule has 4 rings (SSSR count). The predicted molar refractivity (Wildman–Crippen MR) is 107 cm³/mol. The van der Waals surface area contributed by atoms with Crippen molar-refractivity contribution >= 4 is 17.4 Å². The van der Waals surface area contributed by atoms with Crippen molar-refractivity contribution < 1.29 is 24.2 Å². The normalized spacial score (nSPS) is 16.6. The van der Waals surface area contributed by atoms with Gasteiger partial charge in [-0.1, -0.05) is 29.8 Å². The number of Topliss-reactive ketones (excluding diaryl/α,β-unsaturated/α-hetero) is 1. The van der Waals surface area contributed by atoms with Crippen LogP contribution in [0.1, 0.15) is 33.3 Å². The molecule has 29 heavy (non-hydrogen) atoms. The van der Waals surface area contributed by atoms with E-state index in [2.05, 4.69) is 0 Å². The number of aliphatic hydroxyl groups is 1. The van der Waals surface area contributed by atoms with Crippen molar-refractivity contribution in [3.63, 3.8) is 0 Å². The Morgan fingerprint density at radius 2 is 1.76 bits per heavy atom. The summed E-state index contributed by atoms with van der Waals surface area (Å²) < 4.78 is 5.21. The standard InChI is InChI=1S/C23H19NO5/c1-13-5-10-17(14(2)12-13)24-20(15-6-8-16(25)9-7-15)19(22(27)23(24)28)21(26)18-4-3-11-29-18/h3-12,20,25,27H,1-2H3. The average Bonchev–Trinajstić information content (AvgIpc) is 3.31. The van der Waals surface area contributed by atoms with Gasteiger partial charge in [-0.3, -0.25) is 14.5 Å². The molecule has 0 spiro atoms. The lowest BCUT2D eigenvalue weighted by molar-refractivity contribution is -0.117. The molecular weight excluding hydrogens is 370 g/mol. The number of aromatic hydroxyl groups is 1. The summed E-state index contributed by atoms with van der Waals surface area (Å²) in [5.74, 6) is -1.74. The number of benzene rings is 2. The number of aryl methyl sites for hydroxylation is 2. The molecule has 0 saturated carbocycles. The molecule has 1 atom stereocenters. The third kappa shape index (κ3) is 3.08. The van der Waals surface area contributed by atoms with E-state index in [9.17, 15) is 19.8 Å². The number of hydrogen-bond acceptors (Lipinski definition) is 5. The third-order valence-electron chi connectivity index (χ3n) is 5.02. The highest BCUT2D eigenvalue weighted by Gasteiger charge is 2.45. The molecule has 3 aromatic rings. The lowest BCUT2D eigenvalue weighted by Crippen LogP contribution is -2.31. The molecule has 6 heteroatoms. The number of rotatable bonds is 4. The number of phenolic OH excluding ortho intramolecular Hbond substituents is 1. The fourth-order valence-corrected chi connectivity index (χ4v) is 3.67. The van der Waals surface area contributed by atoms with Crippen LogP contribution in [0.25, 0.3) is 0 Å². The maximum atomic E-state index is 13.1. The van der Waals surface area contributed by atoms with Gasteiger partial charge in [0.2, 0.25) is 5.78 Å². The molecule has 1 aliphatic rings. The minimum atomic E-state index is -0.859. The minimum absolute atomic E-state index is 0.0330. The Balaban J connectivity index is 1.91. The average molecular weight is 389 g/mol. The second-order valence-corrected chi connectivity index (χ2v) is 7.03. The van der Waals surface area contributed by atoms with Crippen LogP contribution in [0.2, 0.25) is 0 Å². The van der Waals surface area contributed by atoms with Crippen LogP contribution in [0.5, 0.6) is 5.75 Å². The number of ketones is 1. The number of furan rings is 1. The van der Waals surface area contributed by atoms with Crippen LogP contribution < -0.4 is 4.90 Å². The van der Waals surface area contributed by atoms with Crippen molar-refractivity contribution in [2.24, 2.45) is 0 Å². The van der Waals surface area contributed by atoms with Crippen molar-refractivity contribution in [1.82, 2.24) is 0 Å². The maximum Gasteiger partial charge on any atom is 0.294 e. The van der Waals surface area contributed by atoms with Crippen LogP contribution >= 0.6 is 0 Å². The summed E-state index contributed by atoms with van der Waals surface area (Å²) in [7, 11) is 0. The first kappa shape index (κ1) is 18.6. The van der Waals surface area contributed by atoms with E-state index >= 15 is 0 Å². The number of aliphatic hydroxyl groups excluding tert-OH is 1. The lowest BCUT2D eigenvalue weighted by atomic mass is 9.94. The summed E-state index contributed by atoms with van der Waals surface area (Å²) in [6.45, 7) is 3.81. The van der Waals surface area contributed by atoms with Gasteiger partial charge in [0.25, 0.3) is 5.91 Å². The summed E-state index contributed by atoms with van der Waals surface area (Å²) in [5.41, 5.74) is 2.97. The highest BCUT2D eigenvalue weighted by atomic mass is 16.3. The molecule has 0 bridgehead atoms. The topological polar surface area (TPSA) is 91.0 Å². The minimum Gasteiger partial charge on any atom is -0.508 e. The molecular formula is C23H19NO5. The van der Waals surface area contributed by atoms with E-state index in [0.29, 0.717) is 11.3 Å². The van der Waals surface area contributed by atoms with Gasteiger partial charge >= 0.3 is 0 Å². The quantitative estimate of drug-likeness (QED) is 0.646. The molecule has 1 aromatic heterocycles. The Hall–Kier alpha value is -3.80. The Morgan fingerprint density at radius 1 is 1.03 bits per heavy atom. The first-order valence-electron chi connectivity index (χ1n) is 9.09. The first-order chi connectivity index (χ1) is 13.9. The summed E-state index contributed by atoms with van der Waals surface area (Å²) in [6.07, 6.45) is 1.36. The first-order valence-corrected chi connectivity index (χ1v) is 9.09. The smallest absolute Gasteiger partial charge is 0.294 e. The molecule has 146 valence electrons. The zero-order chi connectivity index (χ0) is 20.7. The second-order valence-electron chi connectivity index (χ2n) is 7.03. The molecule has 0 fully saturated rings. The van der Waals surface area contributed by atoms with Crippen LogP contribution in [-0.2, 0) is 4.79 Å². The summed E-state index contributed by atoms with van der Waals surface area (Å²) >= 11 is 0. The van der Waals surface area contributed by atoms with Gasteiger partial charge in [0.05, 0.1) is 17.9 Å². The van der Waals surface area contributed by atoms with Crippen LogP contribution in [0.4, 0.5) is 5.69 Å². The van der Waals surface area contributed by atoms with Gasteiger partial charge in [0.1, 0.15) is 5.75 Å². The molecule has 2 heterocycles. The SMILES string of the molecule is Cc1ccc(N2C(=O)C(O)=C(C(=O)c3ccco3)C2c2ccc(O)cc2)c(C)c1. The molecule has 0 aliphatic carbocycles. The van der Waals surface area contributed by atoms with Crippen LogP contribution in [-0.4, -0.2) is 21.9 Å². The van der Waals surface area contributed by atoms with Crippen molar-refractivity contribution in [1.29, 1.82) is 0 Å². The van der Waals surface area contributed by atoms with E-state index in [1.165, 1.54) is 29.4 Å². The van der Waals surface area contributed by atoms with Crippen LogP contribution in [0.15, 0.2) is 76.6 Å². The van der Waals surface area contributed by atoms with E-state index < -0.39 is 23.5 Å². The number of hydrogen-bond donors (Lipinski definition) is 2. The van der Waals surface area contributed by atoms with Gasteiger partial charge < -0.3 is 14.6 Å². The van der Waals surface area contributed by atoms with Crippen molar-refractivity contribution in [2.75, 3.05) is 4.90 Å². The van der Waals surface area contributed by atoms with Gasteiger partial charge in [-0.25, -0.2) is 0 Å². The zero-order valence-electron chi connectivity index (χ0n) is 15.9.